The third kappa shape index (κ3) is 6.69. The maximum Gasteiger partial charge on any atom is 0.267 e. The van der Waals surface area contributed by atoms with E-state index in [1.54, 1.807) is 6.08 Å². The monoisotopic (exact) mass is 308 g/mol. The molecule has 17 heavy (non-hydrogen) atoms. The van der Waals surface area contributed by atoms with E-state index in [1.165, 1.54) is 11.6 Å². The van der Waals surface area contributed by atoms with Crippen molar-refractivity contribution < 1.29 is 42.7 Å². The predicted octanol–water partition coefficient (Wildman–Crippen LogP) is 1.43. The first-order valence-corrected chi connectivity index (χ1v) is 4.84. The Morgan fingerprint density at radius 2 is 2.06 bits per heavy atom. The molecule has 0 fully saturated rings. The first-order chi connectivity index (χ1) is 7.61. The summed E-state index contributed by atoms with van der Waals surface area (Å²) in [7, 11) is 5.67. The number of hydrogen-bond donors (Lipinski definition) is 2. The standard InChI is InChI=1S/C12H15N2O2.Y/c1-14(2)9-11-5-3-10(4-6-11)7-8-12(15)13-16;/h3-8,16H,1,9H2,2H3,(H,13,15);/q-1;/b8-7+;. The summed E-state index contributed by atoms with van der Waals surface area (Å²) in [6, 6.07) is 7.75. The molecule has 0 bridgehead atoms. The molecule has 0 heterocycles. The molecule has 0 aliphatic rings. The van der Waals surface area contributed by atoms with Crippen LogP contribution in [0.15, 0.2) is 30.3 Å². The number of amides is 1. The van der Waals surface area contributed by atoms with Crippen LogP contribution in [0.3, 0.4) is 0 Å². The van der Waals surface area contributed by atoms with Gasteiger partial charge in [-0.1, -0.05) is 24.3 Å². The molecule has 0 atom stereocenters. The quantitative estimate of drug-likeness (QED) is 0.383. The van der Waals surface area contributed by atoms with Gasteiger partial charge in [-0.15, -0.1) is 0 Å². The molecule has 89 valence electrons. The second kappa shape index (κ2) is 8.53. The number of nitrogens with zero attached hydrogens (tertiary/aromatic N) is 1. The SMILES string of the molecule is [CH2-]N(C)Cc1ccc(/C=C/C(=O)NO)cc1.[Y]. The number of carbonyl (C=O) groups is 1. The Morgan fingerprint density at radius 3 is 2.53 bits per heavy atom. The number of hydrogen-bond acceptors (Lipinski definition) is 3. The number of rotatable bonds is 4. The van der Waals surface area contributed by atoms with Crippen LogP contribution in [0, 0.1) is 7.05 Å². The summed E-state index contributed by atoms with van der Waals surface area (Å²) in [4.78, 5) is 12.6. The maximum absolute atomic E-state index is 10.7. The van der Waals surface area contributed by atoms with Crippen molar-refractivity contribution in [3.05, 3.63) is 48.5 Å². The van der Waals surface area contributed by atoms with E-state index < -0.39 is 5.91 Å². The van der Waals surface area contributed by atoms with E-state index >= 15 is 0 Å². The molecule has 1 amide bonds. The van der Waals surface area contributed by atoms with Crippen LogP contribution >= 0.6 is 0 Å². The molecule has 0 aliphatic carbocycles. The van der Waals surface area contributed by atoms with Gasteiger partial charge < -0.3 is 4.90 Å². The largest absolute Gasteiger partial charge is 0.458 e. The normalized spacial score (nSPS) is 10.4. The summed E-state index contributed by atoms with van der Waals surface area (Å²) in [5.41, 5.74) is 3.59. The fraction of sp³-hybridized carbons (Fsp3) is 0.167. The van der Waals surface area contributed by atoms with Crippen molar-refractivity contribution in [3.63, 3.8) is 0 Å². The van der Waals surface area contributed by atoms with Crippen molar-refractivity contribution in [1.82, 2.24) is 10.4 Å². The third-order valence-corrected chi connectivity index (χ3v) is 1.97. The molecule has 2 N–H and O–H groups in total. The Bertz CT molecular complexity index is 375. The molecule has 1 rings (SSSR count). The summed E-state index contributed by atoms with van der Waals surface area (Å²) in [6.45, 7) is 0.779. The fourth-order valence-corrected chi connectivity index (χ4v) is 1.26. The van der Waals surface area contributed by atoms with Crippen molar-refractivity contribution in [1.29, 1.82) is 0 Å². The van der Waals surface area contributed by atoms with Gasteiger partial charge in [-0.25, -0.2) is 5.48 Å². The first-order valence-electron chi connectivity index (χ1n) is 4.84. The van der Waals surface area contributed by atoms with Crippen LogP contribution in [0.25, 0.3) is 6.08 Å². The molecule has 1 aromatic carbocycles. The zero-order valence-corrected chi connectivity index (χ0v) is 12.6. The molecule has 0 unspecified atom stereocenters. The summed E-state index contributed by atoms with van der Waals surface area (Å²) in [5.74, 6) is -0.540. The minimum absolute atomic E-state index is 0. The predicted molar refractivity (Wildman–Crippen MR) is 62.2 cm³/mol. The number of carbonyl (C=O) groups excluding carboxylic acids is 1. The minimum Gasteiger partial charge on any atom is -0.458 e. The molecule has 4 nitrogen and oxygen atoms in total. The van der Waals surface area contributed by atoms with Crippen LogP contribution in [-0.4, -0.2) is 23.1 Å². The van der Waals surface area contributed by atoms with Crippen molar-refractivity contribution in [2.45, 2.75) is 6.54 Å². The van der Waals surface area contributed by atoms with Gasteiger partial charge in [0, 0.05) is 38.8 Å². The van der Waals surface area contributed by atoms with E-state index in [9.17, 15) is 4.79 Å². The number of nitrogens with one attached hydrogen (secondary N) is 1. The molecule has 0 saturated carbocycles. The van der Waals surface area contributed by atoms with Crippen LogP contribution in [0.4, 0.5) is 0 Å². The van der Waals surface area contributed by atoms with E-state index in [4.69, 9.17) is 5.21 Å². The average molecular weight is 308 g/mol. The summed E-state index contributed by atoms with van der Waals surface area (Å²) >= 11 is 0. The van der Waals surface area contributed by atoms with E-state index in [0.717, 1.165) is 17.7 Å². The molecule has 1 aromatic rings. The summed E-state index contributed by atoms with van der Waals surface area (Å²) < 4.78 is 0. The van der Waals surface area contributed by atoms with Crippen LogP contribution in [-0.2, 0) is 44.0 Å². The van der Waals surface area contributed by atoms with Gasteiger partial charge in [0.05, 0.1) is 0 Å². The van der Waals surface area contributed by atoms with Crippen LogP contribution < -0.4 is 5.48 Å². The molecule has 0 aromatic heterocycles. The Balaban J connectivity index is 0.00000256. The van der Waals surface area contributed by atoms with Gasteiger partial charge >= 0.3 is 0 Å². The van der Waals surface area contributed by atoms with Gasteiger partial charge in [0.1, 0.15) is 0 Å². The zero-order chi connectivity index (χ0) is 12.0. The first kappa shape index (κ1) is 16.5. The molecular formula is C12H15N2O2Y-. The topological polar surface area (TPSA) is 52.6 Å². The smallest absolute Gasteiger partial charge is 0.267 e. The average Bonchev–Trinajstić information content (AvgIpc) is 2.27. The van der Waals surface area contributed by atoms with Gasteiger partial charge in [0.15, 0.2) is 0 Å². The van der Waals surface area contributed by atoms with Gasteiger partial charge in [-0.05, 0) is 30.8 Å². The molecule has 5 heteroatoms. The Labute approximate surface area is 127 Å². The third-order valence-electron chi connectivity index (χ3n) is 1.97. The molecule has 0 spiro atoms. The van der Waals surface area contributed by atoms with E-state index in [0.29, 0.717) is 0 Å². The molecule has 0 aliphatic heterocycles. The minimum atomic E-state index is -0.540. The fourth-order valence-electron chi connectivity index (χ4n) is 1.26. The second-order valence-electron chi connectivity index (χ2n) is 3.57. The van der Waals surface area contributed by atoms with Crippen molar-refractivity contribution in [2.75, 3.05) is 7.05 Å². The number of benzene rings is 1. The van der Waals surface area contributed by atoms with E-state index in [1.807, 2.05) is 36.2 Å². The second-order valence-corrected chi connectivity index (χ2v) is 3.57. The van der Waals surface area contributed by atoms with Crippen molar-refractivity contribution in [3.8, 4) is 0 Å². The van der Waals surface area contributed by atoms with E-state index in [2.05, 4.69) is 7.05 Å². The summed E-state index contributed by atoms with van der Waals surface area (Å²) in [6.07, 6.45) is 2.89. The summed E-state index contributed by atoms with van der Waals surface area (Å²) in [5, 5.41) is 8.29. The molecule has 0 saturated heterocycles. The Morgan fingerprint density at radius 1 is 1.47 bits per heavy atom. The van der Waals surface area contributed by atoms with E-state index in [-0.39, 0.29) is 32.7 Å². The zero-order valence-electron chi connectivity index (χ0n) is 9.76. The van der Waals surface area contributed by atoms with Gasteiger partial charge in [-0.3, -0.25) is 17.0 Å². The Kier molecular flexibility index (Phi) is 8.26. The van der Waals surface area contributed by atoms with Crippen LogP contribution in [0.5, 0.6) is 0 Å². The maximum atomic E-state index is 10.7. The van der Waals surface area contributed by atoms with Gasteiger partial charge in [0.2, 0.25) is 0 Å². The van der Waals surface area contributed by atoms with Crippen LogP contribution in [0.2, 0.25) is 0 Å². The van der Waals surface area contributed by atoms with Gasteiger partial charge in [0.25, 0.3) is 5.91 Å². The molecule has 1 radical (unpaired) electrons. The Hall–Kier alpha value is -0.546. The van der Waals surface area contributed by atoms with Crippen molar-refractivity contribution in [2.24, 2.45) is 0 Å². The van der Waals surface area contributed by atoms with Gasteiger partial charge in [-0.2, -0.15) is 0 Å². The van der Waals surface area contributed by atoms with Crippen LogP contribution in [0.1, 0.15) is 11.1 Å². The number of hydroxylamine groups is 1. The van der Waals surface area contributed by atoms with Crippen molar-refractivity contribution >= 4 is 12.0 Å². The molecular weight excluding hydrogens is 293 g/mol.